The lowest BCUT2D eigenvalue weighted by molar-refractivity contribution is -0.161. The van der Waals surface area contributed by atoms with Gasteiger partial charge in [-0.2, -0.15) is 0 Å². The zero-order valence-electron chi connectivity index (χ0n) is 52.8. The number of nitrogens with two attached hydrogens (primary N) is 1. The van der Waals surface area contributed by atoms with Gasteiger partial charge in [-0.05, 0) is 89.9 Å². The van der Waals surface area contributed by atoms with Gasteiger partial charge in [0.1, 0.15) is 6.61 Å². The van der Waals surface area contributed by atoms with Crippen molar-refractivity contribution in [1.29, 1.82) is 0 Å². The topological polar surface area (TPSA) is 134 Å². The predicted octanol–water partition coefficient (Wildman–Crippen LogP) is 22.2. The molecule has 0 amide bonds. The van der Waals surface area contributed by atoms with Crippen LogP contribution in [-0.2, 0) is 32.7 Å². The van der Waals surface area contributed by atoms with Crippen LogP contribution >= 0.6 is 7.82 Å². The van der Waals surface area contributed by atoms with Gasteiger partial charge in [-0.25, -0.2) is 4.57 Å². The van der Waals surface area contributed by atoms with Gasteiger partial charge in [0.15, 0.2) is 6.10 Å². The first-order valence-corrected chi connectivity index (χ1v) is 35.6. The molecule has 0 aromatic heterocycles. The number of carbonyl (C=O) groups is 2. The number of unbranched alkanes of at least 4 members (excludes halogenated alkanes) is 37. The molecule has 2 atom stereocenters. The third-order valence-electron chi connectivity index (χ3n) is 14.8. The first-order chi connectivity index (χ1) is 39.8. The Bertz CT molecular complexity index is 1600. The van der Waals surface area contributed by atoms with Crippen LogP contribution in [0.25, 0.3) is 0 Å². The number of esters is 2. The molecule has 0 aliphatic rings. The highest BCUT2D eigenvalue weighted by molar-refractivity contribution is 7.47. The number of allylic oxidation sites excluding steroid dienone is 14. The predicted molar refractivity (Wildman–Crippen MR) is 349 cm³/mol. The maximum Gasteiger partial charge on any atom is 0.472 e. The van der Waals surface area contributed by atoms with Gasteiger partial charge in [0.05, 0.1) is 13.2 Å². The first-order valence-electron chi connectivity index (χ1n) is 34.1. The maximum absolute atomic E-state index is 12.7. The highest BCUT2D eigenvalue weighted by Crippen LogP contribution is 2.43. The molecule has 81 heavy (non-hydrogen) atoms. The van der Waals surface area contributed by atoms with E-state index in [0.29, 0.717) is 6.42 Å². The lowest BCUT2D eigenvalue weighted by Gasteiger charge is -2.19. The summed E-state index contributed by atoms with van der Waals surface area (Å²) in [5, 5.41) is 0. The number of phosphoric acid groups is 1. The fraction of sp³-hybridized carbons (Fsp3) is 0.775. The van der Waals surface area contributed by atoms with Gasteiger partial charge >= 0.3 is 19.8 Å². The summed E-state index contributed by atoms with van der Waals surface area (Å²) >= 11 is 0. The Morgan fingerprint density at radius 3 is 1.01 bits per heavy atom. The molecule has 470 valence electrons. The molecule has 9 nitrogen and oxygen atoms in total. The molecule has 10 heteroatoms. The van der Waals surface area contributed by atoms with Crippen molar-refractivity contribution in [1.82, 2.24) is 0 Å². The van der Waals surface area contributed by atoms with Gasteiger partial charge < -0.3 is 20.1 Å². The van der Waals surface area contributed by atoms with Crippen molar-refractivity contribution in [3.8, 4) is 0 Å². The molecule has 2 unspecified atom stereocenters. The number of carbonyl (C=O) groups excluding carboxylic acids is 2. The fourth-order valence-electron chi connectivity index (χ4n) is 9.76. The van der Waals surface area contributed by atoms with E-state index in [1.165, 1.54) is 205 Å². The molecule has 3 N–H and O–H groups in total. The summed E-state index contributed by atoms with van der Waals surface area (Å²) in [7, 11) is -4.40. The minimum atomic E-state index is -4.40. The molecule has 0 radical (unpaired) electrons. The zero-order valence-corrected chi connectivity index (χ0v) is 53.7. The Kier molecular flexibility index (Phi) is 64.0. The van der Waals surface area contributed by atoms with E-state index in [1.807, 2.05) is 0 Å². The van der Waals surface area contributed by atoms with Crippen LogP contribution < -0.4 is 5.73 Å². The second-order valence-corrected chi connectivity index (χ2v) is 24.1. The normalized spacial score (nSPS) is 13.5. The second-order valence-electron chi connectivity index (χ2n) is 22.7. The Labute approximate surface area is 500 Å². The monoisotopic (exact) mass is 1150 g/mol. The summed E-state index contributed by atoms with van der Waals surface area (Å²) in [6.07, 6.45) is 88.2. The van der Waals surface area contributed by atoms with Crippen molar-refractivity contribution in [2.45, 2.75) is 328 Å². The highest BCUT2D eigenvalue weighted by atomic mass is 31.2. The third-order valence-corrected chi connectivity index (χ3v) is 15.7. The summed E-state index contributed by atoms with van der Waals surface area (Å²) in [4.78, 5) is 35.3. The van der Waals surface area contributed by atoms with E-state index in [9.17, 15) is 19.0 Å². The van der Waals surface area contributed by atoms with Gasteiger partial charge in [0.2, 0.25) is 0 Å². The molecule has 0 spiro atoms. The molecule has 0 heterocycles. The van der Waals surface area contributed by atoms with E-state index in [0.717, 1.165) is 83.5 Å². The second kappa shape index (κ2) is 66.3. The third kappa shape index (κ3) is 66.2. The van der Waals surface area contributed by atoms with E-state index in [4.69, 9.17) is 24.3 Å². The molecule has 0 aliphatic heterocycles. The van der Waals surface area contributed by atoms with Crippen LogP contribution in [-0.4, -0.2) is 49.3 Å². The lowest BCUT2D eigenvalue weighted by atomic mass is 10.0. The zero-order chi connectivity index (χ0) is 58.7. The van der Waals surface area contributed by atoms with Crippen LogP contribution in [0, 0.1) is 0 Å². The van der Waals surface area contributed by atoms with E-state index in [-0.39, 0.29) is 38.6 Å². The smallest absolute Gasteiger partial charge is 0.462 e. The molecule has 0 aliphatic carbocycles. The van der Waals surface area contributed by atoms with Gasteiger partial charge in [-0.1, -0.05) is 304 Å². The Morgan fingerprint density at radius 2 is 0.679 bits per heavy atom. The Balaban J connectivity index is 3.85. The SMILES string of the molecule is CC/C=C\C/C=C\C/C=C\C/C=C\C/C=C\CCCCCCCCCCCC(=O)OC(COC(=O)CCCCCCCCCCCCCCCCCCCCCCCCC/C=C\C/C=C\CCCCCCC)COP(=O)(O)OCCN. The van der Waals surface area contributed by atoms with Crippen LogP contribution in [0.1, 0.15) is 322 Å². The molecular formula is C71H128NO8P. The van der Waals surface area contributed by atoms with Crippen LogP contribution in [0.3, 0.4) is 0 Å². The number of rotatable bonds is 64. The molecule has 0 aromatic rings. The van der Waals surface area contributed by atoms with Crippen molar-refractivity contribution in [2.24, 2.45) is 5.73 Å². The fourth-order valence-corrected chi connectivity index (χ4v) is 10.5. The maximum atomic E-state index is 12.7. The molecular weight excluding hydrogens is 1030 g/mol. The average Bonchev–Trinajstić information content (AvgIpc) is 3.46. The summed E-state index contributed by atoms with van der Waals surface area (Å²) in [6, 6.07) is 0. The van der Waals surface area contributed by atoms with Gasteiger partial charge in [0, 0.05) is 19.4 Å². The highest BCUT2D eigenvalue weighted by Gasteiger charge is 2.26. The lowest BCUT2D eigenvalue weighted by Crippen LogP contribution is -2.29. The van der Waals surface area contributed by atoms with E-state index >= 15 is 0 Å². The van der Waals surface area contributed by atoms with E-state index < -0.39 is 26.5 Å². The van der Waals surface area contributed by atoms with Crippen LogP contribution in [0.15, 0.2) is 85.1 Å². The van der Waals surface area contributed by atoms with Crippen molar-refractivity contribution in [3.63, 3.8) is 0 Å². The average molecular weight is 1150 g/mol. The van der Waals surface area contributed by atoms with Crippen LogP contribution in [0.4, 0.5) is 0 Å². The molecule has 0 saturated heterocycles. The molecule has 0 saturated carbocycles. The minimum Gasteiger partial charge on any atom is -0.462 e. The van der Waals surface area contributed by atoms with E-state index in [2.05, 4.69) is 98.9 Å². The summed E-state index contributed by atoms with van der Waals surface area (Å²) in [6.45, 7) is 3.65. The molecule has 0 bridgehead atoms. The number of ether oxygens (including phenoxy) is 2. The quantitative estimate of drug-likeness (QED) is 0.0264. The Hall–Kier alpha value is -2.81. The number of hydrogen-bond acceptors (Lipinski definition) is 8. The number of phosphoric ester groups is 1. The van der Waals surface area contributed by atoms with Crippen molar-refractivity contribution >= 4 is 19.8 Å². The number of hydrogen-bond donors (Lipinski definition) is 2. The minimum absolute atomic E-state index is 0.0503. The van der Waals surface area contributed by atoms with Crippen molar-refractivity contribution < 1.29 is 37.6 Å². The summed E-state index contributed by atoms with van der Waals surface area (Å²) in [5.41, 5.74) is 5.40. The summed E-state index contributed by atoms with van der Waals surface area (Å²) < 4.78 is 33.1. The largest absolute Gasteiger partial charge is 0.472 e. The van der Waals surface area contributed by atoms with E-state index in [1.54, 1.807) is 0 Å². The first kappa shape index (κ1) is 78.2. The van der Waals surface area contributed by atoms with Crippen molar-refractivity contribution in [2.75, 3.05) is 26.4 Å². The Morgan fingerprint density at radius 1 is 0.383 bits per heavy atom. The van der Waals surface area contributed by atoms with Crippen LogP contribution in [0.5, 0.6) is 0 Å². The van der Waals surface area contributed by atoms with Gasteiger partial charge in [-0.15, -0.1) is 0 Å². The summed E-state index contributed by atoms with van der Waals surface area (Å²) in [5.74, 6) is -0.825. The standard InChI is InChI=1S/C71H128NO8P/c1-3-5-7-9-11-13-15-17-19-21-23-25-27-29-30-31-32-33-34-35-36-37-38-40-41-43-45-47-49-51-53-55-57-59-61-63-70(73)77-67-69(68-79-81(75,76)78-66-65-72)80-71(74)64-62-60-58-56-54-52-50-48-46-44-42-39-28-26-24-22-20-18-16-14-12-10-8-6-4-2/h6,8,12,14-15,17-18,20-21,23-24,26,39,42,69H,3-5,7,9-11,13,16,19,22,25,27-38,40-41,43-68,72H2,1-2H3,(H,75,76)/b8-6-,14-12-,17-15-,20-18-,23-21-,26-24-,42-39-. The molecule has 0 fully saturated rings. The van der Waals surface area contributed by atoms with Gasteiger partial charge in [-0.3, -0.25) is 18.6 Å². The van der Waals surface area contributed by atoms with Crippen molar-refractivity contribution in [3.05, 3.63) is 85.1 Å². The van der Waals surface area contributed by atoms with Gasteiger partial charge in [0.25, 0.3) is 0 Å². The van der Waals surface area contributed by atoms with Crippen LogP contribution in [0.2, 0.25) is 0 Å². The molecule has 0 rings (SSSR count). The molecule has 0 aromatic carbocycles.